The van der Waals surface area contributed by atoms with Gasteiger partial charge in [-0.3, -0.25) is 9.59 Å². The van der Waals surface area contributed by atoms with Crippen LogP contribution in [-0.2, 0) is 0 Å². The Morgan fingerprint density at radius 3 is 1.69 bits per heavy atom. The first-order chi connectivity index (χ1) is 15.4. The summed E-state index contributed by atoms with van der Waals surface area (Å²) in [5.41, 5.74) is 3.87. The molecule has 0 atom stereocenters. The van der Waals surface area contributed by atoms with Crippen LogP contribution in [0.4, 0.5) is 0 Å². The summed E-state index contributed by atoms with van der Waals surface area (Å²) in [6, 6.07) is 21.6. The molecule has 0 saturated heterocycles. The quantitative estimate of drug-likeness (QED) is 0.306. The number of carbonyl (C=O) groups excluding carboxylic acids is 2. The molecule has 0 aliphatic rings. The van der Waals surface area contributed by atoms with Gasteiger partial charge in [0.25, 0.3) is 0 Å². The van der Waals surface area contributed by atoms with E-state index in [4.69, 9.17) is 9.47 Å². The Morgan fingerprint density at radius 1 is 0.750 bits per heavy atom. The van der Waals surface area contributed by atoms with E-state index in [1.165, 1.54) is 0 Å². The summed E-state index contributed by atoms with van der Waals surface area (Å²) in [4.78, 5) is 26.2. The van der Waals surface area contributed by atoms with Crippen LogP contribution in [0, 0.1) is 6.92 Å². The molecular weight excluding hydrogens is 400 g/mol. The van der Waals surface area contributed by atoms with Gasteiger partial charge in [-0.1, -0.05) is 36.4 Å². The number of Topliss-reactive ketones (excluding diaryl/α,β-unsaturated/α-hetero) is 2. The van der Waals surface area contributed by atoms with Gasteiger partial charge in [-0.15, -0.1) is 0 Å². The molecule has 0 aliphatic carbocycles. The van der Waals surface area contributed by atoms with Crippen molar-refractivity contribution in [3.63, 3.8) is 0 Å². The second-order valence-corrected chi connectivity index (χ2v) is 7.48. The van der Waals surface area contributed by atoms with Crippen molar-refractivity contribution in [2.24, 2.45) is 0 Å². The van der Waals surface area contributed by atoms with Crippen molar-refractivity contribution in [1.82, 2.24) is 0 Å². The Hall–Kier alpha value is -3.92. The first-order valence-electron chi connectivity index (χ1n) is 10.2. The van der Waals surface area contributed by atoms with Gasteiger partial charge in [0, 0.05) is 23.1 Å². The minimum atomic E-state index is -0.204. The number of methoxy groups -OCH3 is 2. The highest BCUT2D eigenvalue weighted by molar-refractivity contribution is 6.14. The topological polar surface area (TPSA) is 52.6 Å². The number of carbonyl (C=O) groups is 2. The lowest BCUT2D eigenvalue weighted by molar-refractivity contribution is 0.102. The molecule has 162 valence electrons. The van der Waals surface area contributed by atoms with Crippen LogP contribution in [-0.4, -0.2) is 25.8 Å². The third-order valence-electron chi connectivity index (χ3n) is 5.14. The lowest BCUT2D eigenvalue weighted by Crippen LogP contribution is -2.09. The van der Waals surface area contributed by atoms with Crippen molar-refractivity contribution < 1.29 is 19.1 Å². The molecule has 0 amide bonds. The molecule has 3 rings (SSSR count). The number of allylic oxidation sites excluding steroid dienone is 2. The van der Waals surface area contributed by atoms with E-state index in [-0.39, 0.29) is 18.0 Å². The van der Waals surface area contributed by atoms with Gasteiger partial charge in [-0.05, 0) is 72.7 Å². The Kier molecular flexibility index (Phi) is 7.40. The molecule has 3 aromatic carbocycles. The van der Waals surface area contributed by atoms with Gasteiger partial charge in [0.05, 0.1) is 14.2 Å². The van der Waals surface area contributed by atoms with Crippen LogP contribution >= 0.6 is 0 Å². The van der Waals surface area contributed by atoms with Crippen LogP contribution in [0.5, 0.6) is 11.5 Å². The molecule has 0 fully saturated rings. The summed E-state index contributed by atoms with van der Waals surface area (Å²) in [6.45, 7) is 5.98. The first-order valence-corrected chi connectivity index (χ1v) is 10.2. The predicted molar refractivity (Wildman–Crippen MR) is 128 cm³/mol. The van der Waals surface area contributed by atoms with E-state index in [0.29, 0.717) is 33.8 Å². The highest BCUT2D eigenvalue weighted by Gasteiger charge is 2.18. The van der Waals surface area contributed by atoms with E-state index in [2.05, 4.69) is 6.58 Å². The van der Waals surface area contributed by atoms with Gasteiger partial charge in [-0.25, -0.2) is 0 Å². The van der Waals surface area contributed by atoms with Gasteiger partial charge < -0.3 is 9.47 Å². The van der Waals surface area contributed by atoms with Crippen molar-refractivity contribution >= 4 is 17.6 Å². The van der Waals surface area contributed by atoms with Crippen molar-refractivity contribution in [2.45, 2.75) is 13.3 Å². The number of ether oxygens (including phenoxy) is 2. The van der Waals surface area contributed by atoms with E-state index in [1.54, 1.807) is 62.8 Å². The molecular formula is C28H26O4. The van der Waals surface area contributed by atoms with Crippen molar-refractivity contribution in [3.8, 4) is 11.5 Å². The Morgan fingerprint density at radius 2 is 1.22 bits per heavy atom. The summed E-state index contributed by atoms with van der Waals surface area (Å²) in [5.74, 6) is 0.980. The fourth-order valence-corrected chi connectivity index (χ4v) is 3.25. The summed E-state index contributed by atoms with van der Waals surface area (Å²) >= 11 is 0. The monoisotopic (exact) mass is 426 g/mol. The maximum absolute atomic E-state index is 13.3. The van der Waals surface area contributed by atoms with Crippen molar-refractivity contribution in [1.29, 1.82) is 0 Å². The van der Waals surface area contributed by atoms with E-state index >= 15 is 0 Å². The van der Waals surface area contributed by atoms with E-state index in [0.717, 1.165) is 11.1 Å². The highest BCUT2D eigenvalue weighted by Crippen LogP contribution is 2.24. The van der Waals surface area contributed by atoms with Crippen LogP contribution in [0.2, 0.25) is 0 Å². The lowest BCUT2D eigenvalue weighted by atomic mass is 9.92. The van der Waals surface area contributed by atoms with Gasteiger partial charge in [-0.2, -0.15) is 0 Å². The molecule has 0 bridgehead atoms. The maximum atomic E-state index is 13.3. The zero-order valence-electron chi connectivity index (χ0n) is 18.6. The summed E-state index contributed by atoms with van der Waals surface area (Å²) in [6.07, 6.45) is 1.96. The first kappa shape index (κ1) is 22.8. The minimum absolute atomic E-state index is 0.142. The summed E-state index contributed by atoms with van der Waals surface area (Å²) in [7, 11) is 3.15. The van der Waals surface area contributed by atoms with E-state index in [1.807, 2.05) is 37.3 Å². The molecule has 0 spiro atoms. The molecule has 0 unspecified atom stereocenters. The number of hydrogen-bond acceptors (Lipinski definition) is 4. The third kappa shape index (κ3) is 5.61. The fourth-order valence-electron chi connectivity index (χ4n) is 3.25. The van der Waals surface area contributed by atoms with Crippen molar-refractivity contribution in [3.05, 3.63) is 113 Å². The molecule has 0 aliphatic heterocycles. The maximum Gasteiger partial charge on any atom is 0.189 e. The zero-order valence-corrected chi connectivity index (χ0v) is 18.6. The lowest BCUT2D eigenvalue weighted by Gasteiger charge is -2.11. The molecule has 0 saturated carbocycles. The zero-order chi connectivity index (χ0) is 23.1. The second kappa shape index (κ2) is 10.4. The number of ketones is 2. The Labute approximate surface area is 188 Å². The number of benzene rings is 3. The number of aryl methyl sites for hydroxylation is 1. The molecule has 0 aromatic heterocycles. The van der Waals surface area contributed by atoms with Crippen LogP contribution in [0.3, 0.4) is 0 Å². The van der Waals surface area contributed by atoms with Gasteiger partial charge in [0.2, 0.25) is 0 Å². The minimum Gasteiger partial charge on any atom is -0.497 e. The predicted octanol–water partition coefficient (Wildman–Crippen LogP) is 6.11. The molecule has 4 heteroatoms. The van der Waals surface area contributed by atoms with Crippen LogP contribution < -0.4 is 9.47 Å². The highest BCUT2D eigenvalue weighted by atomic mass is 16.5. The molecule has 32 heavy (non-hydrogen) atoms. The Bertz CT molecular complexity index is 1140. The van der Waals surface area contributed by atoms with Crippen LogP contribution in [0.25, 0.3) is 6.08 Å². The number of hydrogen-bond donors (Lipinski definition) is 0. The number of rotatable bonds is 9. The van der Waals surface area contributed by atoms with Gasteiger partial charge >= 0.3 is 0 Å². The van der Waals surface area contributed by atoms with Crippen LogP contribution in [0.15, 0.2) is 90.5 Å². The fraction of sp³-hybridized carbons (Fsp3) is 0.143. The van der Waals surface area contributed by atoms with E-state index in [9.17, 15) is 9.59 Å². The Balaban J connectivity index is 1.90. The average molecular weight is 427 g/mol. The second-order valence-electron chi connectivity index (χ2n) is 7.48. The standard InChI is InChI=1S/C28H26O4/c1-19-5-7-21(8-6-19)18-24(28(30)23-11-15-26(32-4)16-12-23)17-20(2)27(29)22-9-13-25(31-3)14-10-22/h5-16,18H,2,17H2,1,3-4H3/b24-18+. The van der Waals surface area contributed by atoms with Gasteiger partial charge in [0.15, 0.2) is 11.6 Å². The van der Waals surface area contributed by atoms with Gasteiger partial charge in [0.1, 0.15) is 11.5 Å². The SMILES string of the molecule is C=C(C/C(=C\c1ccc(C)cc1)C(=O)c1ccc(OC)cc1)C(=O)c1ccc(OC)cc1. The van der Waals surface area contributed by atoms with E-state index < -0.39 is 0 Å². The van der Waals surface area contributed by atoms with Crippen molar-refractivity contribution in [2.75, 3.05) is 14.2 Å². The molecule has 0 N–H and O–H groups in total. The normalized spacial score (nSPS) is 11.0. The third-order valence-corrected chi connectivity index (χ3v) is 5.14. The molecule has 4 nitrogen and oxygen atoms in total. The summed E-state index contributed by atoms with van der Waals surface area (Å²) in [5, 5.41) is 0. The molecule has 3 aromatic rings. The average Bonchev–Trinajstić information content (AvgIpc) is 2.84. The molecule has 0 radical (unpaired) electrons. The summed E-state index contributed by atoms with van der Waals surface area (Å²) < 4.78 is 10.3. The molecule has 0 heterocycles. The smallest absolute Gasteiger partial charge is 0.189 e. The van der Waals surface area contributed by atoms with Crippen LogP contribution in [0.1, 0.15) is 38.3 Å². The largest absolute Gasteiger partial charge is 0.497 e.